The molecule has 9 heteroatoms. The smallest absolute Gasteiger partial charge is 0.254 e. The number of carbonyl (C=O) groups excluding carboxylic acids is 3. The van der Waals surface area contributed by atoms with Crippen LogP contribution in [-0.2, 0) is 9.59 Å². The van der Waals surface area contributed by atoms with Crippen molar-refractivity contribution < 1.29 is 14.4 Å². The molecule has 9 nitrogen and oxygen atoms in total. The van der Waals surface area contributed by atoms with Crippen LogP contribution in [0, 0.1) is 0 Å². The summed E-state index contributed by atoms with van der Waals surface area (Å²) >= 11 is 0. The standard InChI is InChI=1S/C22H20N6O3/c1-12(29)13-3-2-4-17(8-13)24-18-10-19(25-16-5-6-16)28-21(26-18)15(11-23-28)7-14-9-20(30)27-22(14)31/h2-4,7-8,10-11,16,25H,5-6,9H2,1H3,(H,24,26)(H,27,30,31). The highest BCUT2D eigenvalue weighted by atomic mass is 16.2. The highest BCUT2D eigenvalue weighted by Crippen LogP contribution is 2.29. The van der Waals surface area contributed by atoms with E-state index >= 15 is 0 Å². The number of amides is 2. The lowest BCUT2D eigenvalue weighted by Gasteiger charge is -2.12. The zero-order valence-corrected chi connectivity index (χ0v) is 16.8. The van der Waals surface area contributed by atoms with Crippen LogP contribution in [-0.4, -0.2) is 38.2 Å². The van der Waals surface area contributed by atoms with Gasteiger partial charge in [0, 0.05) is 34.5 Å². The lowest BCUT2D eigenvalue weighted by Crippen LogP contribution is -2.19. The van der Waals surface area contributed by atoms with Gasteiger partial charge in [-0.3, -0.25) is 19.7 Å². The van der Waals surface area contributed by atoms with Crippen molar-refractivity contribution in [2.45, 2.75) is 32.2 Å². The molecule has 1 aromatic carbocycles. The Kier molecular flexibility index (Phi) is 4.50. The van der Waals surface area contributed by atoms with Gasteiger partial charge in [-0.05, 0) is 38.0 Å². The third-order valence-electron chi connectivity index (χ3n) is 5.20. The predicted molar refractivity (Wildman–Crippen MR) is 115 cm³/mol. The van der Waals surface area contributed by atoms with Crippen molar-refractivity contribution in [1.82, 2.24) is 19.9 Å². The van der Waals surface area contributed by atoms with Gasteiger partial charge in [-0.2, -0.15) is 9.61 Å². The van der Waals surface area contributed by atoms with E-state index in [2.05, 4.69) is 26.0 Å². The zero-order chi connectivity index (χ0) is 21.5. The molecule has 3 N–H and O–H groups in total. The first kappa shape index (κ1) is 19.0. The van der Waals surface area contributed by atoms with E-state index in [-0.39, 0.29) is 18.1 Å². The molecule has 3 aromatic rings. The largest absolute Gasteiger partial charge is 0.367 e. The Morgan fingerprint density at radius 2 is 2.10 bits per heavy atom. The number of fused-ring (bicyclic) bond motifs is 1. The number of hydrogen-bond donors (Lipinski definition) is 3. The fourth-order valence-corrected chi connectivity index (χ4v) is 3.46. The van der Waals surface area contributed by atoms with E-state index in [9.17, 15) is 14.4 Å². The first-order valence-electron chi connectivity index (χ1n) is 10.0. The third kappa shape index (κ3) is 3.89. The number of hydrogen-bond acceptors (Lipinski definition) is 7. The maximum atomic E-state index is 12.0. The van der Waals surface area contributed by atoms with Gasteiger partial charge in [0.25, 0.3) is 5.91 Å². The van der Waals surface area contributed by atoms with Crippen molar-refractivity contribution >= 4 is 46.6 Å². The van der Waals surface area contributed by atoms with Gasteiger partial charge < -0.3 is 10.6 Å². The second-order valence-corrected chi connectivity index (χ2v) is 7.77. The van der Waals surface area contributed by atoms with Crippen LogP contribution in [0.4, 0.5) is 17.3 Å². The molecule has 0 spiro atoms. The summed E-state index contributed by atoms with van der Waals surface area (Å²) in [6, 6.07) is 9.46. The van der Waals surface area contributed by atoms with E-state index in [1.807, 2.05) is 18.2 Å². The molecule has 5 rings (SSSR count). The average Bonchev–Trinajstić information content (AvgIpc) is 3.37. The quantitative estimate of drug-likeness (QED) is 0.321. The van der Waals surface area contributed by atoms with Crippen LogP contribution in [0.3, 0.4) is 0 Å². The van der Waals surface area contributed by atoms with E-state index in [4.69, 9.17) is 0 Å². The number of aromatic nitrogens is 3. The molecule has 0 bridgehead atoms. The van der Waals surface area contributed by atoms with Crippen LogP contribution in [0.15, 0.2) is 42.1 Å². The van der Waals surface area contributed by atoms with Crippen molar-refractivity contribution in [1.29, 1.82) is 0 Å². The van der Waals surface area contributed by atoms with Crippen LogP contribution in [0.25, 0.3) is 11.7 Å². The number of imide groups is 1. The molecule has 156 valence electrons. The molecule has 0 unspecified atom stereocenters. The summed E-state index contributed by atoms with van der Waals surface area (Å²) in [5, 5.41) is 13.4. The van der Waals surface area contributed by atoms with Crippen LogP contribution < -0.4 is 16.0 Å². The first-order valence-corrected chi connectivity index (χ1v) is 10.0. The lowest BCUT2D eigenvalue weighted by molar-refractivity contribution is -0.124. The summed E-state index contributed by atoms with van der Waals surface area (Å²) in [6.07, 6.45) is 5.50. The molecule has 31 heavy (non-hydrogen) atoms. The topological polar surface area (TPSA) is 117 Å². The molecule has 0 radical (unpaired) electrons. The van der Waals surface area contributed by atoms with Crippen molar-refractivity contribution in [3.05, 3.63) is 53.2 Å². The highest BCUT2D eigenvalue weighted by Gasteiger charge is 2.25. The number of nitrogens with zero attached hydrogens (tertiary/aromatic N) is 3. The Labute approximate surface area is 177 Å². The SMILES string of the molecule is CC(=O)c1cccc(Nc2cc(NC3CC3)n3ncc(C=C4CC(=O)NC4=O)c3n2)c1. The van der Waals surface area contributed by atoms with Crippen LogP contribution in [0.2, 0.25) is 0 Å². The van der Waals surface area contributed by atoms with Gasteiger partial charge in [0.2, 0.25) is 5.91 Å². The van der Waals surface area contributed by atoms with Crippen molar-refractivity contribution in [2.24, 2.45) is 0 Å². The molecular formula is C22H20N6O3. The molecule has 2 amide bonds. The number of anilines is 3. The summed E-state index contributed by atoms with van der Waals surface area (Å²) in [6.45, 7) is 1.52. The second kappa shape index (κ2) is 7.35. The van der Waals surface area contributed by atoms with Gasteiger partial charge in [0.15, 0.2) is 11.4 Å². The van der Waals surface area contributed by atoms with Gasteiger partial charge in [0.1, 0.15) is 11.6 Å². The Hall–Kier alpha value is -4.01. The van der Waals surface area contributed by atoms with Gasteiger partial charge in [-0.25, -0.2) is 4.98 Å². The number of benzene rings is 1. The molecule has 1 saturated heterocycles. The minimum absolute atomic E-state index is 0.0164. The fourth-order valence-electron chi connectivity index (χ4n) is 3.46. The average molecular weight is 416 g/mol. The molecule has 3 heterocycles. The van der Waals surface area contributed by atoms with Crippen molar-refractivity contribution in [2.75, 3.05) is 10.6 Å². The molecule has 1 aliphatic heterocycles. The second-order valence-electron chi connectivity index (χ2n) is 7.77. The van der Waals surface area contributed by atoms with Crippen molar-refractivity contribution in [3.63, 3.8) is 0 Å². The summed E-state index contributed by atoms with van der Waals surface area (Å²) < 4.78 is 1.69. The summed E-state index contributed by atoms with van der Waals surface area (Å²) in [4.78, 5) is 39.9. The van der Waals surface area contributed by atoms with E-state index in [0.717, 1.165) is 24.3 Å². The fraction of sp³-hybridized carbons (Fsp3) is 0.227. The molecule has 1 aliphatic carbocycles. The predicted octanol–water partition coefficient (Wildman–Crippen LogP) is 2.68. The molecule has 0 atom stereocenters. The summed E-state index contributed by atoms with van der Waals surface area (Å²) in [5.74, 6) is 0.621. The maximum absolute atomic E-state index is 12.0. The number of ketones is 1. The van der Waals surface area contributed by atoms with Crippen molar-refractivity contribution in [3.8, 4) is 0 Å². The normalized spacial score (nSPS) is 17.3. The van der Waals surface area contributed by atoms with E-state index in [1.165, 1.54) is 6.92 Å². The van der Waals surface area contributed by atoms with E-state index in [0.29, 0.717) is 34.2 Å². The Morgan fingerprint density at radius 3 is 2.81 bits per heavy atom. The van der Waals surface area contributed by atoms with Gasteiger partial charge >= 0.3 is 0 Å². The van der Waals surface area contributed by atoms with Crippen LogP contribution >= 0.6 is 0 Å². The monoisotopic (exact) mass is 416 g/mol. The van der Waals surface area contributed by atoms with Gasteiger partial charge in [-0.15, -0.1) is 0 Å². The van der Waals surface area contributed by atoms with E-state index in [1.54, 1.807) is 28.9 Å². The molecule has 2 aromatic heterocycles. The maximum Gasteiger partial charge on any atom is 0.254 e. The lowest BCUT2D eigenvalue weighted by atomic mass is 10.1. The Balaban J connectivity index is 1.56. The molecule has 1 saturated carbocycles. The van der Waals surface area contributed by atoms with E-state index < -0.39 is 5.91 Å². The first-order chi connectivity index (χ1) is 15.0. The van der Waals surface area contributed by atoms with Gasteiger partial charge in [0.05, 0.1) is 12.6 Å². The number of Topliss-reactive ketones (excluding diaryl/α,β-unsaturated/α-hetero) is 1. The minimum Gasteiger partial charge on any atom is -0.367 e. The highest BCUT2D eigenvalue weighted by molar-refractivity contribution is 6.15. The number of rotatable bonds is 6. The van der Waals surface area contributed by atoms with Gasteiger partial charge in [-0.1, -0.05) is 12.1 Å². The van der Waals surface area contributed by atoms with Crippen LogP contribution in [0.5, 0.6) is 0 Å². The third-order valence-corrected chi connectivity index (χ3v) is 5.20. The number of carbonyl (C=O) groups is 3. The summed E-state index contributed by atoms with van der Waals surface area (Å²) in [5.41, 5.74) is 2.91. The molecular weight excluding hydrogens is 396 g/mol. The Bertz CT molecular complexity index is 1270. The minimum atomic E-state index is -0.393. The Morgan fingerprint density at radius 1 is 1.26 bits per heavy atom. The summed E-state index contributed by atoms with van der Waals surface area (Å²) in [7, 11) is 0. The number of nitrogens with one attached hydrogen (secondary N) is 3. The molecule has 2 fully saturated rings. The zero-order valence-electron chi connectivity index (χ0n) is 16.8. The molecule has 2 aliphatic rings. The van der Waals surface area contributed by atoms with Crippen LogP contribution in [0.1, 0.15) is 42.1 Å².